The van der Waals surface area contributed by atoms with Crippen LogP contribution in [0.2, 0.25) is 0 Å². The molecular formula is C15H20N2. The van der Waals surface area contributed by atoms with Crippen LogP contribution in [-0.2, 0) is 0 Å². The van der Waals surface area contributed by atoms with Crippen LogP contribution in [0.1, 0.15) is 38.3 Å². The smallest absolute Gasteiger partial charge is 0.0346 e. The number of nitrogens with two attached hydrogens (primary N) is 1. The fourth-order valence-corrected chi connectivity index (χ4v) is 2.10. The standard InChI is InChI=1S/C15H20N2/c1-11(2)7-8-15(16)14-10-17-9-12-5-3-4-6-13(12)14/h3-6,9-11,15H,7-8,16H2,1-2H3. The van der Waals surface area contributed by atoms with Gasteiger partial charge in [-0.25, -0.2) is 0 Å². The van der Waals surface area contributed by atoms with Crippen molar-refractivity contribution < 1.29 is 0 Å². The lowest BCUT2D eigenvalue weighted by Gasteiger charge is -2.15. The van der Waals surface area contributed by atoms with Gasteiger partial charge in [-0.05, 0) is 29.7 Å². The monoisotopic (exact) mass is 228 g/mol. The molecule has 0 amide bonds. The molecule has 2 aromatic rings. The predicted octanol–water partition coefficient (Wildman–Crippen LogP) is 3.67. The van der Waals surface area contributed by atoms with E-state index < -0.39 is 0 Å². The van der Waals surface area contributed by atoms with E-state index in [0.29, 0.717) is 5.92 Å². The first kappa shape index (κ1) is 12.1. The molecule has 2 nitrogen and oxygen atoms in total. The minimum atomic E-state index is 0.0935. The summed E-state index contributed by atoms with van der Waals surface area (Å²) >= 11 is 0. The maximum atomic E-state index is 6.27. The molecule has 0 bridgehead atoms. The van der Waals surface area contributed by atoms with Crippen molar-refractivity contribution in [1.82, 2.24) is 4.98 Å². The summed E-state index contributed by atoms with van der Waals surface area (Å²) in [5, 5.41) is 2.41. The quantitative estimate of drug-likeness (QED) is 0.867. The van der Waals surface area contributed by atoms with E-state index in [0.717, 1.165) is 12.8 Å². The second-order valence-electron chi connectivity index (χ2n) is 5.03. The Morgan fingerprint density at radius 3 is 2.65 bits per heavy atom. The van der Waals surface area contributed by atoms with Gasteiger partial charge in [-0.2, -0.15) is 0 Å². The van der Waals surface area contributed by atoms with Gasteiger partial charge < -0.3 is 5.73 Å². The third-order valence-corrected chi connectivity index (χ3v) is 3.15. The molecule has 0 radical (unpaired) electrons. The number of rotatable bonds is 4. The molecule has 0 aliphatic heterocycles. The molecule has 1 unspecified atom stereocenters. The average Bonchev–Trinajstić information content (AvgIpc) is 2.35. The van der Waals surface area contributed by atoms with Crippen molar-refractivity contribution in [3.05, 3.63) is 42.2 Å². The van der Waals surface area contributed by atoms with Crippen LogP contribution in [0.4, 0.5) is 0 Å². The minimum Gasteiger partial charge on any atom is -0.324 e. The van der Waals surface area contributed by atoms with E-state index in [4.69, 9.17) is 5.73 Å². The number of benzene rings is 1. The zero-order valence-electron chi connectivity index (χ0n) is 10.6. The first-order valence-corrected chi connectivity index (χ1v) is 6.26. The molecule has 1 atom stereocenters. The van der Waals surface area contributed by atoms with E-state index in [1.165, 1.54) is 16.3 Å². The number of pyridine rings is 1. The molecule has 90 valence electrons. The molecular weight excluding hydrogens is 208 g/mol. The molecule has 2 rings (SSSR count). The van der Waals surface area contributed by atoms with Crippen molar-refractivity contribution >= 4 is 10.8 Å². The van der Waals surface area contributed by atoms with Crippen LogP contribution in [0.3, 0.4) is 0 Å². The fraction of sp³-hybridized carbons (Fsp3) is 0.400. The van der Waals surface area contributed by atoms with E-state index in [-0.39, 0.29) is 6.04 Å². The number of hydrogen-bond donors (Lipinski definition) is 1. The van der Waals surface area contributed by atoms with Crippen molar-refractivity contribution in [3.63, 3.8) is 0 Å². The molecule has 0 spiro atoms. The number of aromatic nitrogens is 1. The van der Waals surface area contributed by atoms with Crippen LogP contribution in [0.25, 0.3) is 10.8 Å². The molecule has 2 N–H and O–H groups in total. The van der Waals surface area contributed by atoms with E-state index in [1.54, 1.807) is 0 Å². The highest BCUT2D eigenvalue weighted by Gasteiger charge is 2.10. The van der Waals surface area contributed by atoms with Gasteiger partial charge in [0.25, 0.3) is 0 Å². The van der Waals surface area contributed by atoms with Gasteiger partial charge in [-0.1, -0.05) is 38.1 Å². The molecule has 0 aliphatic rings. The van der Waals surface area contributed by atoms with Crippen LogP contribution >= 0.6 is 0 Å². The van der Waals surface area contributed by atoms with Gasteiger partial charge in [0.15, 0.2) is 0 Å². The van der Waals surface area contributed by atoms with Crippen LogP contribution in [-0.4, -0.2) is 4.98 Å². The minimum absolute atomic E-state index is 0.0935. The van der Waals surface area contributed by atoms with Crippen molar-refractivity contribution in [3.8, 4) is 0 Å². The predicted molar refractivity (Wildman–Crippen MR) is 72.7 cm³/mol. The lowest BCUT2D eigenvalue weighted by atomic mass is 9.96. The molecule has 17 heavy (non-hydrogen) atoms. The lowest BCUT2D eigenvalue weighted by Crippen LogP contribution is -2.12. The third kappa shape index (κ3) is 2.83. The highest BCUT2D eigenvalue weighted by molar-refractivity contribution is 5.84. The van der Waals surface area contributed by atoms with E-state index in [2.05, 4.69) is 37.0 Å². The van der Waals surface area contributed by atoms with E-state index in [1.807, 2.05) is 18.5 Å². The Balaban J connectivity index is 2.28. The Bertz CT molecular complexity index is 486. The number of hydrogen-bond acceptors (Lipinski definition) is 2. The highest BCUT2D eigenvalue weighted by atomic mass is 14.7. The van der Waals surface area contributed by atoms with Crippen molar-refractivity contribution in [2.75, 3.05) is 0 Å². The van der Waals surface area contributed by atoms with Gasteiger partial charge in [0.1, 0.15) is 0 Å². The van der Waals surface area contributed by atoms with Crippen molar-refractivity contribution in [1.29, 1.82) is 0 Å². The Labute approximate surface area is 103 Å². The van der Waals surface area contributed by atoms with Crippen molar-refractivity contribution in [2.24, 2.45) is 11.7 Å². The summed E-state index contributed by atoms with van der Waals surface area (Å²) in [6.45, 7) is 4.46. The molecule has 0 fully saturated rings. The summed E-state index contributed by atoms with van der Waals surface area (Å²) in [6.07, 6.45) is 5.99. The van der Waals surface area contributed by atoms with Crippen molar-refractivity contribution in [2.45, 2.75) is 32.7 Å². The molecule has 0 saturated carbocycles. The third-order valence-electron chi connectivity index (χ3n) is 3.15. The summed E-state index contributed by atoms with van der Waals surface area (Å²) in [6, 6.07) is 8.40. The van der Waals surface area contributed by atoms with Crippen LogP contribution < -0.4 is 5.73 Å². The molecule has 1 aromatic heterocycles. The maximum absolute atomic E-state index is 6.27. The first-order chi connectivity index (χ1) is 8.18. The van der Waals surface area contributed by atoms with Gasteiger partial charge in [-0.3, -0.25) is 4.98 Å². The number of fused-ring (bicyclic) bond motifs is 1. The van der Waals surface area contributed by atoms with Gasteiger partial charge in [0.2, 0.25) is 0 Å². The SMILES string of the molecule is CC(C)CCC(N)c1cncc2ccccc12. The highest BCUT2D eigenvalue weighted by Crippen LogP contribution is 2.25. The molecule has 1 aromatic carbocycles. The van der Waals surface area contributed by atoms with Crippen LogP contribution in [0.5, 0.6) is 0 Å². The number of nitrogens with zero attached hydrogens (tertiary/aromatic N) is 1. The summed E-state index contributed by atoms with van der Waals surface area (Å²) < 4.78 is 0. The zero-order chi connectivity index (χ0) is 12.3. The first-order valence-electron chi connectivity index (χ1n) is 6.26. The normalized spacial score (nSPS) is 13.2. The maximum Gasteiger partial charge on any atom is 0.0346 e. The molecule has 0 aliphatic carbocycles. The van der Waals surface area contributed by atoms with Gasteiger partial charge >= 0.3 is 0 Å². The average molecular weight is 228 g/mol. The largest absolute Gasteiger partial charge is 0.324 e. The summed E-state index contributed by atoms with van der Waals surface area (Å²) in [5.74, 6) is 0.698. The van der Waals surface area contributed by atoms with Crippen LogP contribution in [0, 0.1) is 5.92 Å². The lowest BCUT2D eigenvalue weighted by molar-refractivity contribution is 0.508. The van der Waals surface area contributed by atoms with Gasteiger partial charge in [-0.15, -0.1) is 0 Å². The van der Waals surface area contributed by atoms with Gasteiger partial charge in [0.05, 0.1) is 0 Å². The second kappa shape index (κ2) is 5.28. The Morgan fingerprint density at radius 1 is 1.12 bits per heavy atom. The zero-order valence-corrected chi connectivity index (χ0v) is 10.6. The molecule has 1 heterocycles. The molecule has 2 heteroatoms. The van der Waals surface area contributed by atoms with Crippen LogP contribution in [0.15, 0.2) is 36.7 Å². The Hall–Kier alpha value is -1.41. The second-order valence-corrected chi connectivity index (χ2v) is 5.03. The summed E-state index contributed by atoms with van der Waals surface area (Å²) in [5.41, 5.74) is 7.44. The van der Waals surface area contributed by atoms with E-state index >= 15 is 0 Å². The summed E-state index contributed by atoms with van der Waals surface area (Å²) in [7, 11) is 0. The fourth-order valence-electron chi connectivity index (χ4n) is 2.10. The molecule has 0 saturated heterocycles. The Kier molecular flexibility index (Phi) is 3.75. The van der Waals surface area contributed by atoms with Gasteiger partial charge in [0, 0.05) is 23.8 Å². The Morgan fingerprint density at radius 2 is 1.88 bits per heavy atom. The topological polar surface area (TPSA) is 38.9 Å². The summed E-state index contributed by atoms with van der Waals surface area (Å²) in [4.78, 5) is 4.28. The van der Waals surface area contributed by atoms with E-state index in [9.17, 15) is 0 Å².